The van der Waals surface area contributed by atoms with Gasteiger partial charge in [0, 0.05) is 17.8 Å². The van der Waals surface area contributed by atoms with Gasteiger partial charge >= 0.3 is 0 Å². The second kappa shape index (κ2) is 4.93. The fourth-order valence-corrected chi connectivity index (χ4v) is 3.96. The zero-order valence-electron chi connectivity index (χ0n) is 9.82. The monoisotopic (exact) mass is 230 g/mol. The first kappa shape index (κ1) is 11.6. The molecule has 3 nitrogen and oxygen atoms in total. The maximum atomic E-state index is 12.1. The SMILES string of the molecule is CCN(C1CCN(C)CC1)S(=O)C1CC1. The molecule has 1 heterocycles. The second-order valence-electron chi connectivity index (χ2n) is 4.74. The van der Waals surface area contributed by atoms with Crippen LogP contribution in [0.1, 0.15) is 32.6 Å². The number of rotatable bonds is 4. The minimum absolute atomic E-state index is 0.490. The van der Waals surface area contributed by atoms with Gasteiger partial charge in [-0.15, -0.1) is 0 Å². The summed E-state index contributed by atoms with van der Waals surface area (Å²) in [5.74, 6) is 0. The Labute approximate surface area is 95.4 Å². The van der Waals surface area contributed by atoms with Gasteiger partial charge in [-0.1, -0.05) is 6.92 Å². The molecule has 2 aliphatic rings. The fourth-order valence-electron chi connectivity index (χ4n) is 2.28. The molecule has 4 heteroatoms. The molecule has 1 aliphatic heterocycles. The van der Waals surface area contributed by atoms with Crippen LogP contribution < -0.4 is 0 Å². The van der Waals surface area contributed by atoms with Gasteiger partial charge in [-0.2, -0.15) is 0 Å². The van der Waals surface area contributed by atoms with E-state index >= 15 is 0 Å². The zero-order chi connectivity index (χ0) is 10.8. The van der Waals surface area contributed by atoms with Crippen LogP contribution in [0.3, 0.4) is 0 Å². The predicted molar refractivity (Wildman–Crippen MR) is 64.1 cm³/mol. The molecule has 0 spiro atoms. The highest BCUT2D eigenvalue weighted by atomic mass is 32.2. The van der Waals surface area contributed by atoms with Crippen molar-refractivity contribution in [3.8, 4) is 0 Å². The molecule has 0 aromatic rings. The van der Waals surface area contributed by atoms with Crippen LogP contribution in [0.25, 0.3) is 0 Å². The molecule has 0 amide bonds. The van der Waals surface area contributed by atoms with Gasteiger partial charge in [-0.3, -0.25) is 0 Å². The molecule has 2 rings (SSSR count). The Hall–Kier alpha value is 0.0700. The zero-order valence-corrected chi connectivity index (χ0v) is 10.6. The molecule has 1 unspecified atom stereocenters. The number of hydrogen-bond acceptors (Lipinski definition) is 2. The van der Waals surface area contributed by atoms with Crippen LogP contribution in [-0.4, -0.2) is 51.4 Å². The summed E-state index contributed by atoms with van der Waals surface area (Å²) in [7, 11) is 1.48. The van der Waals surface area contributed by atoms with Gasteiger partial charge in [-0.25, -0.2) is 8.51 Å². The summed E-state index contributed by atoms with van der Waals surface area (Å²) in [6.07, 6.45) is 4.72. The lowest BCUT2D eigenvalue weighted by Gasteiger charge is -2.35. The predicted octanol–water partition coefficient (Wildman–Crippen LogP) is 1.23. The van der Waals surface area contributed by atoms with E-state index in [1.54, 1.807) is 0 Å². The average molecular weight is 230 g/mol. The van der Waals surface area contributed by atoms with Crippen LogP contribution in [0, 0.1) is 0 Å². The van der Waals surface area contributed by atoms with E-state index in [0.29, 0.717) is 11.3 Å². The van der Waals surface area contributed by atoms with Crippen molar-refractivity contribution >= 4 is 11.0 Å². The Morgan fingerprint density at radius 2 is 1.87 bits per heavy atom. The minimum Gasteiger partial charge on any atom is -0.306 e. The third-order valence-corrected chi connectivity index (χ3v) is 5.51. The summed E-state index contributed by atoms with van der Waals surface area (Å²) in [5.41, 5.74) is 0. The summed E-state index contributed by atoms with van der Waals surface area (Å²) in [4.78, 5) is 2.37. The summed E-state index contributed by atoms with van der Waals surface area (Å²) in [6.45, 7) is 5.39. The number of piperidine rings is 1. The van der Waals surface area contributed by atoms with Crippen LogP contribution in [0.15, 0.2) is 0 Å². The second-order valence-corrected chi connectivity index (χ2v) is 6.43. The largest absolute Gasteiger partial charge is 0.306 e. The van der Waals surface area contributed by atoms with Crippen molar-refractivity contribution in [2.45, 2.75) is 43.9 Å². The van der Waals surface area contributed by atoms with E-state index in [2.05, 4.69) is 23.2 Å². The maximum Gasteiger partial charge on any atom is 0.0976 e. The summed E-state index contributed by atoms with van der Waals surface area (Å²) < 4.78 is 14.4. The van der Waals surface area contributed by atoms with Crippen LogP contribution >= 0.6 is 0 Å². The van der Waals surface area contributed by atoms with E-state index in [1.165, 1.54) is 25.7 Å². The van der Waals surface area contributed by atoms with Gasteiger partial charge in [0.1, 0.15) is 0 Å². The molecule has 0 radical (unpaired) electrons. The van der Waals surface area contributed by atoms with Crippen LogP contribution in [0.4, 0.5) is 0 Å². The first-order valence-corrected chi connectivity index (χ1v) is 7.25. The number of hydrogen-bond donors (Lipinski definition) is 0. The van der Waals surface area contributed by atoms with E-state index in [0.717, 1.165) is 19.6 Å². The third-order valence-electron chi connectivity index (χ3n) is 3.45. The van der Waals surface area contributed by atoms with E-state index in [-0.39, 0.29) is 0 Å². The van der Waals surface area contributed by atoms with Crippen molar-refractivity contribution < 1.29 is 4.21 Å². The Balaban J connectivity index is 1.90. The first-order valence-electron chi connectivity index (χ1n) is 6.08. The van der Waals surface area contributed by atoms with Gasteiger partial charge in [0.25, 0.3) is 0 Å². The first-order chi connectivity index (χ1) is 7.22. The quantitative estimate of drug-likeness (QED) is 0.725. The molecule has 1 aliphatic carbocycles. The van der Waals surface area contributed by atoms with E-state index in [9.17, 15) is 4.21 Å². The molecule has 88 valence electrons. The molecule has 0 aromatic carbocycles. The van der Waals surface area contributed by atoms with E-state index in [4.69, 9.17) is 0 Å². The molecular formula is C11H22N2OS. The van der Waals surface area contributed by atoms with Gasteiger partial charge in [-0.05, 0) is 45.8 Å². The molecule has 1 saturated heterocycles. The van der Waals surface area contributed by atoms with Crippen molar-refractivity contribution in [2.24, 2.45) is 0 Å². The smallest absolute Gasteiger partial charge is 0.0976 e. The Bertz CT molecular complexity index is 235. The average Bonchev–Trinajstić information content (AvgIpc) is 3.05. The third kappa shape index (κ3) is 2.80. The Morgan fingerprint density at radius 1 is 1.27 bits per heavy atom. The minimum atomic E-state index is -0.692. The van der Waals surface area contributed by atoms with E-state index in [1.807, 2.05) is 0 Å². The number of nitrogens with zero attached hydrogens (tertiary/aromatic N) is 2. The van der Waals surface area contributed by atoms with Crippen molar-refractivity contribution in [1.82, 2.24) is 9.21 Å². The van der Waals surface area contributed by atoms with Crippen molar-refractivity contribution in [1.29, 1.82) is 0 Å². The van der Waals surface area contributed by atoms with Crippen molar-refractivity contribution in [2.75, 3.05) is 26.7 Å². The normalized spacial score (nSPS) is 27.1. The molecule has 2 fully saturated rings. The summed E-state index contributed by atoms with van der Waals surface area (Å²) in [5, 5.41) is 0.490. The topological polar surface area (TPSA) is 23.6 Å². The van der Waals surface area contributed by atoms with Gasteiger partial charge in [0.15, 0.2) is 0 Å². The lowest BCUT2D eigenvalue weighted by atomic mass is 10.1. The molecule has 0 aromatic heterocycles. The molecule has 0 N–H and O–H groups in total. The van der Waals surface area contributed by atoms with Gasteiger partial charge < -0.3 is 4.90 Å². The molecule has 1 atom stereocenters. The van der Waals surface area contributed by atoms with Crippen LogP contribution in [-0.2, 0) is 11.0 Å². The van der Waals surface area contributed by atoms with Gasteiger partial charge in [0.2, 0.25) is 0 Å². The van der Waals surface area contributed by atoms with Crippen LogP contribution in [0.5, 0.6) is 0 Å². The summed E-state index contributed by atoms with van der Waals surface area (Å²) >= 11 is 0. The Kier molecular flexibility index (Phi) is 3.80. The van der Waals surface area contributed by atoms with Crippen molar-refractivity contribution in [3.05, 3.63) is 0 Å². The fraction of sp³-hybridized carbons (Fsp3) is 1.00. The summed E-state index contributed by atoms with van der Waals surface area (Å²) in [6, 6.07) is 0.563. The molecule has 15 heavy (non-hydrogen) atoms. The highest BCUT2D eigenvalue weighted by Gasteiger charge is 2.35. The molecular weight excluding hydrogens is 208 g/mol. The molecule has 1 saturated carbocycles. The van der Waals surface area contributed by atoms with Crippen LogP contribution in [0.2, 0.25) is 0 Å². The highest BCUT2D eigenvalue weighted by Crippen LogP contribution is 2.30. The lowest BCUT2D eigenvalue weighted by molar-refractivity contribution is 0.190. The maximum absolute atomic E-state index is 12.1. The number of likely N-dealkylation sites (tertiary alicyclic amines) is 1. The highest BCUT2D eigenvalue weighted by molar-refractivity contribution is 7.83. The molecule has 0 bridgehead atoms. The lowest BCUT2D eigenvalue weighted by Crippen LogP contribution is -2.45. The Morgan fingerprint density at radius 3 is 2.33 bits per heavy atom. The van der Waals surface area contributed by atoms with E-state index < -0.39 is 11.0 Å². The van der Waals surface area contributed by atoms with Gasteiger partial charge in [0.05, 0.1) is 11.0 Å². The van der Waals surface area contributed by atoms with Crippen molar-refractivity contribution in [3.63, 3.8) is 0 Å². The standard InChI is InChI=1S/C11H22N2OS/c1-3-13(15(14)11-4-5-11)10-6-8-12(2)9-7-10/h10-11H,3-9H2,1-2H3.